The average molecular weight is 424 g/mol. The summed E-state index contributed by atoms with van der Waals surface area (Å²) in [5.41, 5.74) is -2.48. The summed E-state index contributed by atoms with van der Waals surface area (Å²) < 4.78 is 34.0. The molecule has 3 N–H and O–H groups in total. The molecular weight excluding hydrogens is 406 g/mol. The lowest BCUT2D eigenvalue weighted by atomic mass is 10.2. The number of rotatable bonds is 3. The van der Waals surface area contributed by atoms with Gasteiger partial charge in [-0.25, -0.2) is 23.5 Å². The molecule has 160 valence electrons. The van der Waals surface area contributed by atoms with E-state index >= 15 is 0 Å². The van der Waals surface area contributed by atoms with E-state index in [1.807, 2.05) is 4.98 Å². The highest BCUT2D eigenvalue weighted by molar-refractivity contribution is 5.68. The molecule has 1 atom stereocenters. The lowest BCUT2D eigenvalue weighted by Crippen LogP contribution is -2.40. The van der Waals surface area contributed by atoms with Crippen LogP contribution in [-0.4, -0.2) is 69.4 Å². The van der Waals surface area contributed by atoms with Crippen LogP contribution in [0.25, 0.3) is 11.3 Å². The molecule has 30 heavy (non-hydrogen) atoms. The summed E-state index contributed by atoms with van der Waals surface area (Å²) in [6, 6.07) is 1.17. The van der Waals surface area contributed by atoms with Crippen LogP contribution >= 0.6 is 0 Å². The van der Waals surface area contributed by atoms with Gasteiger partial charge in [0.15, 0.2) is 6.10 Å². The maximum atomic E-state index is 14.5. The van der Waals surface area contributed by atoms with E-state index in [-0.39, 0.29) is 16.9 Å². The molecule has 0 bridgehead atoms. The number of alkyl halides is 2. The minimum absolute atomic E-state index is 0.0251. The topological polar surface area (TPSA) is 144 Å². The Balaban J connectivity index is 1.59. The summed E-state index contributed by atoms with van der Waals surface area (Å²) in [6.45, 7) is -0.329. The maximum Gasteiger partial charge on any atom is 0.410 e. The van der Waals surface area contributed by atoms with Gasteiger partial charge in [-0.2, -0.15) is 5.10 Å². The summed E-state index contributed by atoms with van der Waals surface area (Å²) in [5.74, 6) is -3.37. The van der Waals surface area contributed by atoms with Crippen molar-refractivity contribution < 1.29 is 18.3 Å². The Kier molecular flexibility index (Phi) is 4.87. The maximum absolute atomic E-state index is 14.5. The van der Waals surface area contributed by atoms with E-state index in [4.69, 9.17) is 4.74 Å². The molecule has 1 amide bonds. The van der Waals surface area contributed by atoms with Gasteiger partial charge >= 0.3 is 17.7 Å². The normalized spacial score (nSPS) is 20.5. The number of aromatic amines is 3. The molecule has 1 unspecified atom stereocenters. The van der Waals surface area contributed by atoms with Gasteiger partial charge in [0.2, 0.25) is 0 Å². The smallest absolute Gasteiger partial charge is 0.410 e. The van der Waals surface area contributed by atoms with Gasteiger partial charge in [0.1, 0.15) is 5.69 Å². The average Bonchev–Trinajstić information content (AvgIpc) is 3.31. The van der Waals surface area contributed by atoms with Crippen LogP contribution in [0.15, 0.2) is 26.6 Å². The molecule has 4 heterocycles. The van der Waals surface area contributed by atoms with Crippen LogP contribution in [0.1, 0.15) is 12.8 Å². The van der Waals surface area contributed by atoms with Gasteiger partial charge in [-0.15, -0.1) is 0 Å². The Labute approximate surface area is 166 Å². The number of nitrogens with one attached hydrogen (secondary N) is 3. The molecule has 11 nitrogen and oxygen atoms in total. The van der Waals surface area contributed by atoms with E-state index in [1.54, 1.807) is 0 Å². The number of H-pyrrole nitrogens is 3. The summed E-state index contributed by atoms with van der Waals surface area (Å²) in [6.07, 6.45) is 0.161. The van der Waals surface area contributed by atoms with Crippen molar-refractivity contribution in [2.45, 2.75) is 24.9 Å². The summed E-state index contributed by atoms with van der Waals surface area (Å²) in [4.78, 5) is 54.2. The first-order chi connectivity index (χ1) is 14.2. The monoisotopic (exact) mass is 424 g/mol. The largest absolute Gasteiger partial charge is 0.438 e. The predicted octanol–water partition coefficient (Wildman–Crippen LogP) is -0.130. The molecule has 0 spiro atoms. The number of carbonyl (C=O) groups is 1. The van der Waals surface area contributed by atoms with Crippen LogP contribution in [0.3, 0.4) is 0 Å². The zero-order chi connectivity index (χ0) is 21.5. The van der Waals surface area contributed by atoms with Gasteiger partial charge in [0.05, 0.1) is 24.3 Å². The van der Waals surface area contributed by atoms with Crippen molar-refractivity contribution in [1.29, 1.82) is 0 Å². The first kappa shape index (κ1) is 19.8. The third-order valence-corrected chi connectivity index (χ3v) is 5.09. The van der Waals surface area contributed by atoms with Gasteiger partial charge in [-0.3, -0.25) is 14.6 Å². The minimum atomic E-state index is -3.37. The van der Waals surface area contributed by atoms with E-state index in [9.17, 15) is 28.0 Å². The molecule has 4 rings (SSSR count). The first-order valence-electron chi connectivity index (χ1n) is 9.25. The number of hydrogen-bond donors (Lipinski definition) is 3. The van der Waals surface area contributed by atoms with Crippen LogP contribution in [0.2, 0.25) is 0 Å². The van der Waals surface area contributed by atoms with Crippen molar-refractivity contribution in [2.75, 3.05) is 31.1 Å². The molecule has 0 radical (unpaired) electrons. The molecule has 2 fully saturated rings. The van der Waals surface area contributed by atoms with Crippen LogP contribution < -0.4 is 21.7 Å². The Morgan fingerprint density at radius 2 is 1.93 bits per heavy atom. The van der Waals surface area contributed by atoms with Gasteiger partial charge in [0, 0.05) is 19.3 Å². The highest BCUT2D eigenvalue weighted by Crippen LogP contribution is 2.33. The second-order valence-corrected chi connectivity index (χ2v) is 7.16. The van der Waals surface area contributed by atoms with Crippen molar-refractivity contribution in [3.63, 3.8) is 0 Å². The third kappa shape index (κ3) is 3.69. The Bertz CT molecular complexity index is 1140. The van der Waals surface area contributed by atoms with Crippen molar-refractivity contribution in [3.8, 4) is 11.3 Å². The van der Waals surface area contributed by atoms with E-state index in [1.165, 1.54) is 11.0 Å². The molecule has 2 aromatic rings. The summed E-state index contributed by atoms with van der Waals surface area (Å²) >= 11 is 0. The highest BCUT2D eigenvalue weighted by Gasteiger charge is 2.51. The molecule has 0 aliphatic carbocycles. The van der Waals surface area contributed by atoms with Crippen LogP contribution in [0.5, 0.6) is 0 Å². The Morgan fingerprint density at radius 3 is 2.63 bits per heavy atom. The minimum Gasteiger partial charge on any atom is -0.438 e. The Hall–Kier alpha value is -3.51. The molecule has 2 aliphatic heterocycles. The number of nitrogens with zero attached hydrogens (tertiary/aromatic N) is 3. The van der Waals surface area contributed by atoms with Crippen LogP contribution in [0.4, 0.5) is 19.3 Å². The van der Waals surface area contributed by atoms with Gasteiger partial charge in [-0.05, 0) is 18.9 Å². The highest BCUT2D eigenvalue weighted by atomic mass is 19.3. The zero-order valence-electron chi connectivity index (χ0n) is 15.6. The number of ether oxygens (including phenoxy) is 1. The van der Waals surface area contributed by atoms with E-state index in [0.29, 0.717) is 13.1 Å². The van der Waals surface area contributed by atoms with E-state index in [2.05, 4.69) is 15.2 Å². The predicted molar refractivity (Wildman–Crippen MR) is 99.8 cm³/mol. The quantitative estimate of drug-likeness (QED) is 0.622. The van der Waals surface area contributed by atoms with Gasteiger partial charge in [-0.1, -0.05) is 0 Å². The third-order valence-electron chi connectivity index (χ3n) is 5.09. The fraction of sp³-hybridized carbons (Fsp3) is 0.471. The second-order valence-electron chi connectivity index (χ2n) is 7.16. The summed E-state index contributed by atoms with van der Waals surface area (Å²) in [5, 5.41) is 5.90. The van der Waals surface area contributed by atoms with Gasteiger partial charge < -0.3 is 19.5 Å². The van der Waals surface area contributed by atoms with Crippen LogP contribution in [-0.2, 0) is 4.74 Å². The molecule has 13 heteroatoms. The Morgan fingerprint density at radius 1 is 1.20 bits per heavy atom. The number of likely N-dealkylation sites (tertiary alicyclic amines) is 1. The summed E-state index contributed by atoms with van der Waals surface area (Å²) in [7, 11) is 0. The fourth-order valence-corrected chi connectivity index (χ4v) is 3.53. The lowest BCUT2D eigenvalue weighted by Gasteiger charge is -2.22. The van der Waals surface area contributed by atoms with Crippen molar-refractivity contribution in [2.24, 2.45) is 0 Å². The number of carbonyl (C=O) groups excluding carboxylic acids is 1. The van der Waals surface area contributed by atoms with E-state index in [0.717, 1.165) is 23.9 Å². The van der Waals surface area contributed by atoms with Gasteiger partial charge in [0.25, 0.3) is 11.1 Å². The molecular formula is C17H18F2N6O5. The SMILES string of the molecule is O=C(OC1CN(c2cc(-c3c[nH]c(=O)[nH]c3=O)n[nH]c2=O)CC1(F)F)N1CCCC1. The fourth-order valence-electron chi connectivity index (χ4n) is 3.53. The first-order valence-corrected chi connectivity index (χ1v) is 9.25. The van der Waals surface area contributed by atoms with Crippen molar-refractivity contribution in [1.82, 2.24) is 25.1 Å². The molecule has 2 aromatic heterocycles. The van der Waals surface area contributed by atoms with Crippen molar-refractivity contribution in [3.05, 3.63) is 43.5 Å². The number of hydrogen-bond acceptors (Lipinski definition) is 7. The lowest BCUT2D eigenvalue weighted by molar-refractivity contribution is -0.0818. The van der Waals surface area contributed by atoms with E-state index < -0.39 is 48.0 Å². The molecule has 0 aromatic carbocycles. The number of halogens is 2. The second kappa shape index (κ2) is 7.39. The number of amides is 1. The number of anilines is 1. The van der Waals surface area contributed by atoms with Crippen LogP contribution in [0, 0.1) is 0 Å². The standard InChI is InChI=1S/C17H18F2N6O5/c18-17(19)8-25(7-12(17)30-16(29)24-3-1-2-4-24)11-5-10(22-23-14(11)27)9-6-20-15(28)21-13(9)26/h5-6,12H,1-4,7-8H2,(H,23,27)(H2,20,21,26,28). The van der Waals surface area contributed by atoms with Crippen molar-refractivity contribution >= 4 is 11.8 Å². The molecule has 0 saturated carbocycles. The zero-order valence-corrected chi connectivity index (χ0v) is 15.6. The molecule has 2 aliphatic rings. The number of aromatic nitrogens is 4. The molecule has 2 saturated heterocycles.